The van der Waals surface area contributed by atoms with Crippen molar-refractivity contribution in [2.45, 2.75) is 6.54 Å². The molecule has 28 heavy (non-hydrogen) atoms. The Balaban J connectivity index is 1.58. The number of pyridine rings is 1. The summed E-state index contributed by atoms with van der Waals surface area (Å²) in [5.41, 5.74) is 2.44. The van der Waals surface area contributed by atoms with Gasteiger partial charge in [0, 0.05) is 28.0 Å². The number of amides is 2. The molecule has 5 nitrogen and oxygen atoms in total. The van der Waals surface area contributed by atoms with E-state index in [0.29, 0.717) is 33.5 Å². The van der Waals surface area contributed by atoms with E-state index in [0.717, 1.165) is 5.56 Å². The molecule has 1 aliphatic rings. The van der Waals surface area contributed by atoms with Crippen molar-refractivity contribution in [1.82, 2.24) is 4.98 Å². The van der Waals surface area contributed by atoms with Gasteiger partial charge in [-0.3, -0.25) is 9.59 Å². The van der Waals surface area contributed by atoms with Gasteiger partial charge in [0.25, 0.3) is 11.8 Å². The molecule has 4 rings (SSSR count). The molecule has 1 aliphatic heterocycles. The van der Waals surface area contributed by atoms with E-state index in [9.17, 15) is 9.59 Å². The number of fused-ring (bicyclic) bond motifs is 1. The number of carbonyl (C=O) groups is 2. The van der Waals surface area contributed by atoms with Gasteiger partial charge < -0.3 is 10.2 Å². The first-order valence-electron chi connectivity index (χ1n) is 8.26. The normalized spacial score (nSPS) is 12.8. The summed E-state index contributed by atoms with van der Waals surface area (Å²) in [6, 6.07) is 13.4. The molecule has 3 aromatic rings. The number of rotatable bonds is 3. The zero-order valence-corrected chi connectivity index (χ0v) is 16.5. The van der Waals surface area contributed by atoms with Crippen LogP contribution in [0.2, 0.25) is 15.1 Å². The van der Waals surface area contributed by atoms with Crippen molar-refractivity contribution < 1.29 is 9.59 Å². The zero-order valence-electron chi connectivity index (χ0n) is 14.2. The molecule has 0 atom stereocenters. The van der Waals surface area contributed by atoms with Crippen molar-refractivity contribution in [3.8, 4) is 0 Å². The van der Waals surface area contributed by atoms with Crippen molar-refractivity contribution in [3.05, 3.63) is 86.6 Å². The molecule has 0 bridgehead atoms. The van der Waals surface area contributed by atoms with Gasteiger partial charge in [-0.15, -0.1) is 0 Å². The quantitative estimate of drug-likeness (QED) is 0.598. The maximum absolute atomic E-state index is 12.7. The number of anilines is 2. The highest BCUT2D eigenvalue weighted by Crippen LogP contribution is 2.37. The third-order valence-corrected chi connectivity index (χ3v) is 5.34. The van der Waals surface area contributed by atoms with E-state index in [1.54, 1.807) is 53.4 Å². The van der Waals surface area contributed by atoms with Crippen LogP contribution in [0.1, 0.15) is 26.4 Å². The number of aromatic nitrogens is 1. The summed E-state index contributed by atoms with van der Waals surface area (Å²) < 4.78 is 0. The fraction of sp³-hybridized carbons (Fsp3) is 0.0500. The second-order valence-electron chi connectivity index (χ2n) is 6.11. The average Bonchev–Trinajstić information content (AvgIpc) is 3.00. The number of halogens is 3. The number of hydrogen-bond acceptors (Lipinski definition) is 3. The van der Waals surface area contributed by atoms with Gasteiger partial charge in [-0.1, -0.05) is 40.9 Å². The van der Waals surface area contributed by atoms with Crippen LogP contribution in [0.25, 0.3) is 0 Å². The van der Waals surface area contributed by atoms with E-state index in [1.165, 1.54) is 6.20 Å². The predicted molar refractivity (Wildman–Crippen MR) is 111 cm³/mol. The maximum atomic E-state index is 12.7. The maximum Gasteiger partial charge on any atom is 0.275 e. The molecule has 0 radical (unpaired) electrons. The largest absolute Gasteiger partial charge is 0.321 e. The summed E-state index contributed by atoms with van der Waals surface area (Å²) in [5.74, 6) is -0.623. The lowest BCUT2D eigenvalue weighted by Gasteiger charge is -2.18. The number of benzene rings is 2. The Kier molecular flexibility index (Phi) is 4.98. The second-order valence-corrected chi connectivity index (χ2v) is 7.33. The topological polar surface area (TPSA) is 62.3 Å². The Morgan fingerprint density at radius 2 is 1.79 bits per heavy atom. The highest BCUT2D eigenvalue weighted by Gasteiger charge is 2.31. The van der Waals surface area contributed by atoms with Gasteiger partial charge in [0.2, 0.25) is 0 Å². The Morgan fingerprint density at radius 1 is 1.00 bits per heavy atom. The summed E-state index contributed by atoms with van der Waals surface area (Å²) in [7, 11) is 0. The second kappa shape index (κ2) is 7.43. The monoisotopic (exact) mass is 431 g/mol. The summed E-state index contributed by atoms with van der Waals surface area (Å²) in [6.45, 7) is 0.336. The van der Waals surface area contributed by atoms with E-state index >= 15 is 0 Å². The fourth-order valence-electron chi connectivity index (χ4n) is 3.04. The van der Waals surface area contributed by atoms with Crippen LogP contribution in [0.5, 0.6) is 0 Å². The lowest BCUT2D eigenvalue weighted by molar-refractivity contribution is 0.0993. The molecule has 2 amide bonds. The fourth-order valence-corrected chi connectivity index (χ4v) is 3.76. The van der Waals surface area contributed by atoms with Gasteiger partial charge in [0.15, 0.2) is 0 Å². The van der Waals surface area contributed by atoms with Crippen LogP contribution in [-0.4, -0.2) is 16.8 Å². The van der Waals surface area contributed by atoms with E-state index < -0.39 is 5.91 Å². The molecule has 0 aliphatic carbocycles. The minimum atomic E-state index is -0.453. The molecule has 0 unspecified atom stereocenters. The highest BCUT2D eigenvalue weighted by atomic mass is 35.5. The molecule has 0 spiro atoms. The Bertz CT molecular complexity index is 1120. The van der Waals surface area contributed by atoms with Crippen LogP contribution < -0.4 is 10.2 Å². The van der Waals surface area contributed by atoms with Gasteiger partial charge in [-0.25, -0.2) is 4.98 Å². The van der Waals surface area contributed by atoms with E-state index in [2.05, 4.69) is 10.3 Å². The molecule has 1 aromatic heterocycles. The van der Waals surface area contributed by atoms with Crippen LogP contribution in [0.3, 0.4) is 0 Å². The van der Waals surface area contributed by atoms with Gasteiger partial charge in [-0.2, -0.15) is 0 Å². The molecule has 8 heteroatoms. The molecule has 2 heterocycles. The Labute approximate surface area is 175 Å². The molecule has 2 aromatic carbocycles. The van der Waals surface area contributed by atoms with Crippen LogP contribution >= 0.6 is 34.8 Å². The SMILES string of the molecule is O=C(Nc1ccc(N2Cc3c(Cl)cccc3C2=O)c(Cl)c1)c1ncccc1Cl. The number of nitrogens with one attached hydrogen (secondary N) is 1. The summed E-state index contributed by atoms with van der Waals surface area (Å²) in [6.07, 6.45) is 1.48. The number of nitrogens with zero attached hydrogens (tertiary/aromatic N) is 2. The molecular formula is C20H12Cl3N3O2. The van der Waals surface area contributed by atoms with E-state index in [-0.39, 0.29) is 16.6 Å². The minimum Gasteiger partial charge on any atom is -0.321 e. The lowest BCUT2D eigenvalue weighted by Crippen LogP contribution is -2.23. The number of hydrogen-bond donors (Lipinski definition) is 1. The van der Waals surface area contributed by atoms with Crippen LogP contribution in [0, 0.1) is 0 Å². The first kappa shape index (κ1) is 18.7. The van der Waals surface area contributed by atoms with Gasteiger partial charge in [-0.05, 0) is 42.5 Å². The van der Waals surface area contributed by atoms with Crippen molar-refractivity contribution in [3.63, 3.8) is 0 Å². The Morgan fingerprint density at radius 3 is 2.50 bits per heavy atom. The zero-order chi connectivity index (χ0) is 19.8. The van der Waals surface area contributed by atoms with Crippen LogP contribution in [-0.2, 0) is 6.54 Å². The molecule has 0 saturated carbocycles. The number of carbonyl (C=O) groups excluding carboxylic acids is 2. The van der Waals surface area contributed by atoms with Gasteiger partial charge >= 0.3 is 0 Å². The van der Waals surface area contributed by atoms with Crippen LogP contribution in [0.4, 0.5) is 11.4 Å². The molecule has 0 fully saturated rings. The lowest BCUT2D eigenvalue weighted by atomic mass is 10.1. The summed E-state index contributed by atoms with van der Waals surface area (Å²) >= 11 is 18.6. The van der Waals surface area contributed by atoms with E-state index in [1.807, 2.05) is 0 Å². The molecule has 140 valence electrons. The third-order valence-electron chi connectivity index (χ3n) is 4.38. The third kappa shape index (κ3) is 3.33. The van der Waals surface area contributed by atoms with Gasteiger partial charge in [0.05, 0.1) is 22.3 Å². The minimum absolute atomic E-state index is 0.115. The average molecular weight is 433 g/mol. The molecule has 0 saturated heterocycles. The first-order valence-corrected chi connectivity index (χ1v) is 9.40. The van der Waals surface area contributed by atoms with Crippen molar-refractivity contribution >= 4 is 58.0 Å². The smallest absolute Gasteiger partial charge is 0.275 e. The van der Waals surface area contributed by atoms with Crippen molar-refractivity contribution in [2.75, 3.05) is 10.2 Å². The standard InChI is InChI=1S/C20H12Cl3N3O2/c21-14-4-1-3-12-13(14)10-26(20(12)28)17-7-6-11(9-16(17)23)25-19(27)18-15(22)5-2-8-24-18/h1-9H,10H2,(H,25,27). The van der Waals surface area contributed by atoms with Crippen molar-refractivity contribution in [1.29, 1.82) is 0 Å². The van der Waals surface area contributed by atoms with Gasteiger partial charge in [0.1, 0.15) is 5.69 Å². The highest BCUT2D eigenvalue weighted by molar-refractivity contribution is 6.36. The van der Waals surface area contributed by atoms with Crippen molar-refractivity contribution in [2.24, 2.45) is 0 Å². The summed E-state index contributed by atoms with van der Waals surface area (Å²) in [4.78, 5) is 30.6. The predicted octanol–water partition coefficient (Wildman–Crippen LogP) is 5.45. The van der Waals surface area contributed by atoms with E-state index in [4.69, 9.17) is 34.8 Å². The summed E-state index contributed by atoms with van der Waals surface area (Å²) in [5, 5.41) is 3.81. The Hall–Kier alpha value is -2.60. The van der Waals surface area contributed by atoms with Crippen LogP contribution in [0.15, 0.2) is 54.7 Å². The molecule has 1 N–H and O–H groups in total. The first-order chi connectivity index (χ1) is 13.5. The molecular weight excluding hydrogens is 421 g/mol.